The van der Waals surface area contributed by atoms with Crippen LogP contribution in [0.1, 0.15) is 36.6 Å². The van der Waals surface area contributed by atoms with Gasteiger partial charge in [-0.1, -0.05) is 78.9 Å². The lowest BCUT2D eigenvalue weighted by molar-refractivity contribution is 0.0532. The lowest BCUT2D eigenvalue weighted by Gasteiger charge is -2.37. The first kappa shape index (κ1) is 22.3. The van der Waals surface area contributed by atoms with E-state index in [4.69, 9.17) is 0 Å². The third-order valence-corrected chi connectivity index (χ3v) is 6.41. The molecule has 0 aliphatic carbocycles. The molecule has 0 saturated heterocycles. The topological polar surface area (TPSA) is 66.5 Å². The van der Waals surface area contributed by atoms with E-state index in [9.17, 15) is 14.4 Å². The summed E-state index contributed by atoms with van der Waals surface area (Å²) in [7, 11) is 0. The molecule has 0 spiro atoms. The van der Waals surface area contributed by atoms with Gasteiger partial charge in [0.05, 0.1) is 12.1 Å². The first-order valence-corrected chi connectivity index (χ1v) is 11.5. The zero-order valence-corrected chi connectivity index (χ0v) is 19.1. The maximum atomic E-state index is 13.7. The number of amides is 3. The van der Waals surface area contributed by atoms with E-state index in [-0.39, 0.29) is 5.91 Å². The first-order chi connectivity index (χ1) is 17.1. The first-order valence-electron chi connectivity index (χ1n) is 11.5. The predicted molar refractivity (Wildman–Crippen MR) is 136 cm³/mol. The molecule has 5 rings (SSSR count). The van der Waals surface area contributed by atoms with Crippen molar-refractivity contribution < 1.29 is 14.4 Å². The van der Waals surface area contributed by atoms with Gasteiger partial charge in [0.2, 0.25) is 0 Å². The SMILES string of the molecule is C=C[C@@H]([C@H](Cc1ccccc1)NC(=O)c1ccccc1)N1C(=O)c2cccc3cccc(c23)C1=O. The van der Waals surface area contributed by atoms with Gasteiger partial charge in [0.25, 0.3) is 17.7 Å². The average molecular weight is 461 g/mol. The van der Waals surface area contributed by atoms with Crippen LogP contribution >= 0.6 is 0 Å². The number of carbonyl (C=O) groups is 3. The van der Waals surface area contributed by atoms with Gasteiger partial charge < -0.3 is 5.32 Å². The molecule has 5 heteroatoms. The predicted octanol–water partition coefficient (Wildman–Crippen LogP) is 5.03. The fourth-order valence-electron chi connectivity index (χ4n) is 4.74. The molecule has 4 aromatic carbocycles. The Morgan fingerprint density at radius 3 is 1.94 bits per heavy atom. The number of nitrogens with one attached hydrogen (secondary N) is 1. The van der Waals surface area contributed by atoms with Gasteiger partial charge in [0.15, 0.2) is 0 Å². The largest absolute Gasteiger partial charge is 0.347 e. The second-order valence-electron chi connectivity index (χ2n) is 8.55. The number of hydrogen-bond acceptors (Lipinski definition) is 3. The molecule has 0 bridgehead atoms. The van der Waals surface area contributed by atoms with Crippen molar-refractivity contribution in [2.24, 2.45) is 0 Å². The molecule has 1 aliphatic heterocycles. The van der Waals surface area contributed by atoms with Gasteiger partial charge >= 0.3 is 0 Å². The molecule has 1 N–H and O–H groups in total. The minimum atomic E-state index is -0.758. The molecule has 0 aromatic heterocycles. The van der Waals surface area contributed by atoms with Crippen molar-refractivity contribution in [3.8, 4) is 0 Å². The molecule has 0 radical (unpaired) electrons. The van der Waals surface area contributed by atoms with Crippen molar-refractivity contribution in [1.29, 1.82) is 0 Å². The molecule has 1 heterocycles. The Morgan fingerprint density at radius 2 is 1.37 bits per heavy atom. The van der Waals surface area contributed by atoms with E-state index in [2.05, 4.69) is 11.9 Å². The normalized spacial score (nSPS) is 14.5. The molecule has 35 heavy (non-hydrogen) atoms. The van der Waals surface area contributed by atoms with Crippen molar-refractivity contribution in [1.82, 2.24) is 10.2 Å². The highest BCUT2D eigenvalue weighted by atomic mass is 16.2. The highest BCUT2D eigenvalue weighted by Gasteiger charge is 2.40. The van der Waals surface area contributed by atoms with E-state index in [1.807, 2.05) is 60.7 Å². The molecule has 172 valence electrons. The van der Waals surface area contributed by atoms with Crippen molar-refractivity contribution in [2.75, 3.05) is 0 Å². The van der Waals surface area contributed by atoms with Crippen LogP contribution in [0.4, 0.5) is 0 Å². The minimum Gasteiger partial charge on any atom is -0.347 e. The number of imide groups is 1. The molecule has 1 aliphatic rings. The van der Waals surface area contributed by atoms with Crippen LogP contribution in [-0.4, -0.2) is 34.7 Å². The second-order valence-corrected chi connectivity index (χ2v) is 8.55. The van der Waals surface area contributed by atoms with Gasteiger partial charge in [-0.25, -0.2) is 0 Å². The van der Waals surface area contributed by atoms with E-state index >= 15 is 0 Å². The third kappa shape index (κ3) is 4.13. The van der Waals surface area contributed by atoms with Crippen LogP contribution in [0.15, 0.2) is 110 Å². The fraction of sp³-hybridized carbons (Fsp3) is 0.100. The monoisotopic (exact) mass is 460 g/mol. The third-order valence-electron chi connectivity index (χ3n) is 6.41. The molecule has 0 saturated carbocycles. The van der Waals surface area contributed by atoms with Gasteiger partial charge in [-0.2, -0.15) is 0 Å². The second kappa shape index (κ2) is 9.39. The number of rotatable bonds is 7. The summed E-state index contributed by atoms with van der Waals surface area (Å²) in [6.07, 6.45) is 1.99. The minimum absolute atomic E-state index is 0.280. The van der Waals surface area contributed by atoms with Crippen molar-refractivity contribution in [3.63, 3.8) is 0 Å². The van der Waals surface area contributed by atoms with E-state index in [1.54, 1.807) is 42.5 Å². The van der Waals surface area contributed by atoms with Crippen LogP contribution in [0.5, 0.6) is 0 Å². The summed E-state index contributed by atoms with van der Waals surface area (Å²) in [5, 5.41) is 4.57. The van der Waals surface area contributed by atoms with E-state index < -0.39 is 23.9 Å². The van der Waals surface area contributed by atoms with Gasteiger partial charge in [0, 0.05) is 22.1 Å². The Hall–Kier alpha value is -4.51. The van der Waals surface area contributed by atoms with E-state index in [0.29, 0.717) is 28.5 Å². The zero-order chi connectivity index (χ0) is 24.4. The molecule has 5 nitrogen and oxygen atoms in total. The molecular weight excluding hydrogens is 436 g/mol. The highest BCUT2D eigenvalue weighted by Crippen LogP contribution is 2.32. The molecule has 3 amide bonds. The number of nitrogens with zero attached hydrogens (tertiary/aromatic N) is 1. The number of benzene rings is 4. The lowest BCUT2D eigenvalue weighted by Crippen LogP contribution is -2.56. The smallest absolute Gasteiger partial charge is 0.262 e. The van der Waals surface area contributed by atoms with Gasteiger partial charge in [-0.05, 0) is 41.6 Å². The summed E-state index contributed by atoms with van der Waals surface area (Å²) in [4.78, 5) is 41.7. The van der Waals surface area contributed by atoms with Gasteiger partial charge in [0.1, 0.15) is 0 Å². The Bertz CT molecular complexity index is 1380. The number of hydrogen-bond donors (Lipinski definition) is 1. The van der Waals surface area contributed by atoms with Gasteiger partial charge in [-0.3, -0.25) is 19.3 Å². The molecule has 4 aromatic rings. The summed E-state index contributed by atoms with van der Waals surface area (Å²) in [6.45, 7) is 3.96. The van der Waals surface area contributed by atoms with E-state index in [1.165, 1.54) is 4.90 Å². The maximum Gasteiger partial charge on any atom is 0.262 e. The summed E-state index contributed by atoms with van der Waals surface area (Å²) < 4.78 is 0. The van der Waals surface area contributed by atoms with Crippen molar-refractivity contribution in [3.05, 3.63) is 132 Å². The highest BCUT2D eigenvalue weighted by molar-refractivity contribution is 6.25. The maximum absolute atomic E-state index is 13.7. The van der Waals surface area contributed by atoms with Crippen LogP contribution in [0.2, 0.25) is 0 Å². The summed E-state index contributed by atoms with van der Waals surface area (Å²) >= 11 is 0. The summed E-state index contributed by atoms with van der Waals surface area (Å²) in [5.74, 6) is -1.06. The zero-order valence-electron chi connectivity index (χ0n) is 19.1. The summed E-state index contributed by atoms with van der Waals surface area (Å²) in [5.41, 5.74) is 2.41. The average Bonchev–Trinajstić information content (AvgIpc) is 2.90. The molecule has 0 fully saturated rings. The number of carbonyl (C=O) groups excluding carboxylic acids is 3. The van der Waals surface area contributed by atoms with Crippen molar-refractivity contribution in [2.45, 2.75) is 18.5 Å². The van der Waals surface area contributed by atoms with Crippen LogP contribution in [-0.2, 0) is 6.42 Å². The Morgan fingerprint density at radius 1 is 0.800 bits per heavy atom. The summed E-state index contributed by atoms with van der Waals surface area (Å²) in [6, 6.07) is 28.1. The molecule has 2 atom stereocenters. The lowest BCUT2D eigenvalue weighted by atomic mass is 9.90. The van der Waals surface area contributed by atoms with E-state index in [0.717, 1.165) is 10.9 Å². The van der Waals surface area contributed by atoms with Gasteiger partial charge in [-0.15, -0.1) is 6.58 Å². The quantitative estimate of drug-likeness (QED) is 0.311. The van der Waals surface area contributed by atoms with Crippen LogP contribution < -0.4 is 5.32 Å². The standard InChI is InChI=1S/C30H24N2O3/c1-2-26(32-29(34)23-17-9-15-21-16-10-18-24(27(21)23)30(32)35)25(19-20-11-5-3-6-12-20)31-28(33)22-13-7-4-8-14-22/h2-18,25-26H,1,19H2,(H,31,33)/t25-,26-/m0/s1. The molecular formula is C30H24N2O3. The van der Waals surface area contributed by atoms with Crippen LogP contribution in [0.3, 0.4) is 0 Å². The molecule has 0 unspecified atom stereocenters. The Kier molecular flexibility index (Phi) is 5.98. The van der Waals surface area contributed by atoms with Crippen molar-refractivity contribution >= 4 is 28.5 Å². The van der Waals surface area contributed by atoms with Crippen LogP contribution in [0, 0.1) is 0 Å². The fourth-order valence-corrected chi connectivity index (χ4v) is 4.74. The Labute approximate surface area is 203 Å². The Balaban J connectivity index is 1.55. The van der Waals surface area contributed by atoms with Crippen LogP contribution in [0.25, 0.3) is 10.8 Å².